The van der Waals surface area contributed by atoms with E-state index in [1.807, 2.05) is 25.7 Å². The molecule has 1 aliphatic heterocycles. The number of carbonyl (C=O) groups is 1. The lowest BCUT2D eigenvalue weighted by atomic mass is 9.90. The maximum atomic E-state index is 12.1. The zero-order chi connectivity index (χ0) is 11.5. The van der Waals surface area contributed by atoms with Crippen LogP contribution in [0.15, 0.2) is 0 Å². The van der Waals surface area contributed by atoms with Crippen molar-refractivity contribution in [2.24, 2.45) is 17.1 Å². The molecular formula is C12H25ClN2O. The summed E-state index contributed by atoms with van der Waals surface area (Å²) in [4.78, 5) is 14.1. The second kappa shape index (κ2) is 6.45. The van der Waals surface area contributed by atoms with Crippen molar-refractivity contribution in [1.82, 2.24) is 4.90 Å². The Balaban J connectivity index is 0.00000225. The lowest BCUT2D eigenvalue weighted by Gasteiger charge is -2.36. The van der Waals surface area contributed by atoms with E-state index in [2.05, 4.69) is 0 Å². The topological polar surface area (TPSA) is 46.3 Å². The van der Waals surface area contributed by atoms with Crippen molar-refractivity contribution in [2.75, 3.05) is 19.6 Å². The Bertz CT molecular complexity index is 224. The molecule has 0 aliphatic carbocycles. The van der Waals surface area contributed by atoms with Crippen LogP contribution < -0.4 is 5.73 Å². The number of rotatable bonds is 2. The van der Waals surface area contributed by atoms with Crippen LogP contribution in [0, 0.1) is 11.3 Å². The molecule has 0 radical (unpaired) electrons. The van der Waals surface area contributed by atoms with Gasteiger partial charge < -0.3 is 10.6 Å². The summed E-state index contributed by atoms with van der Waals surface area (Å²) in [5.74, 6) is 0.902. The molecule has 1 rings (SSSR count). The molecule has 0 spiro atoms. The van der Waals surface area contributed by atoms with Crippen LogP contribution in [0.3, 0.4) is 0 Å². The Hall–Kier alpha value is -0.280. The Morgan fingerprint density at radius 2 is 2.06 bits per heavy atom. The number of piperidine rings is 1. The third kappa shape index (κ3) is 4.30. The minimum Gasteiger partial charge on any atom is -0.342 e. The van der Waals surface area contributed by atoms with Crippen molar-refractivity contribution in [1.29, 1.82) is 0 Å². The fourth-order valence-electron chi connectivity index (χ4n) is 2.20. The number of likely N-dealkylation sites (tertiary alicyclic amines) is 1. The first-order valence-corrected chi connectivity index (χ1v) is 5.94. The number of hydrogen-bond acceptors (Lipinski definition) is 2. The first-order chi connectivity index (χ1) is 6.95. The van der Waals surface area contributed by atoms with Crippen LogP contribution >= 0.6 is 12.4 Å². The number of nitrogens with zero attached hydrogens (tertiary/aromatic N) is 1. The third-order valence-electron chi connectivity index (χ3n) is 3.02. The molecule has 0 aromatic carbocycles. The van der Waals surface area contributed by atoms with Gasteiger partial charge in [0, 0.05) is 18.5 Å². The molecule has 1 heterocycles. The first-order valence-electron chi connectivity index (χ1n) is 5.94. The monoisotopic (exact) mass is 248 g/mol. The van der Waals surface area contributed by atoms with Gasteiger partial charge in [0.2, 0.25) is 5.91 Å². The van der Waals surface area contributed by atoms with Gasteiger partial charge in [-0.3, -0.25) is 4.79 Å². The average Bonchev–Trinajstić information content (AvgIpc) is 2.16. The van der Waals surface area contributed by atoms with Gasteiger partial charge in [0.15, 0.2) is 0 Å². The summed E-state index contributed by atoms with van der Waals surface area (Å²) in [6.45, 7) is 8.54. The molecule has 1 saturated heterocycles. The highest BCUT2D eigenvalue weighted by molar-refractivity contribution is 5.85. The van der Waals surface area contributed by atoms with Gasteiger partial charge in [-0.25, -0.2) is 0 Å². The van der Waals surface area contributed by atoms with E-state index < -0.39 is 0 Å². The second-order valence-corrected chi connectivity index (χ2v) is 5.59. The Labute approximate surface area is 105 Å². The van der Waals surface area contributed by atoms with E-state index in [9.17, 15) is 4.79 Å². The summed E-state index contributed by atoms with van der Waals surface area (Å²) in [5, 5.41) is 0. The van der Waals surface area contributed by atoms with Crippen LogP contribution in [0.1, 0.15) is 40.0 Å². The van der Waals surface area contributed by atoms with E-state index in [1.54, 1.807) is 0 Å². The SMILES string of the molecule is CC(C)(C)C(=O)N1CCCC(CCN)C1.Cl. The van der Waals surface area contributed by atoms with E-state index in [0.717, 1.165) is 32.5 Å². The molecule has 2 N–H and O–H groups in total. The summed E-state index contributed by atoms with van der Waals surface area (Å²) in [7, 11) is 0. The van der Waals surface area contributed by atoms with Crippen LogP contribution in [0.5, 0.6) is 0 Å². The minimum absolute atomic E-state index is 0. The molecule has 1 amide bonds. The van der Waals surface area contributed by atoms with Gasteiger partial charge in [-0.15, -0.1) is 12.4 Å². The van der Waals surface area contributed by atoms with Crippen molar-refractivity contribution in [2.45, 2.75) is 40.0 Å². The normalized spacial score (nSPS) is 21.5. The predicted octanol–water partition coefficient (Wildman–Crippen LogP) is 2.04. The molecule has 0 saturated carbocycles. The molecule has 0 bridgehead atoms. The maximum Gasteiger partial charge on any atom is 0.227 e. The van der Waals surface area contributed by atoms with Gasteiger partial charge in [-0.1, -0.05) is 20.8 Å². The molecule has 1 aliphatic rings. The zero-order valence-electron chi connectivity index (χ0n) is 10.7. The summed E-state index contributed by atoms with van der Waals surface area (Å²) in [5.41, 5.74) is 5.32. The van der Waals surface area contributed by atoms with E-state index >= 15 is 0 Å². The van der Waals surface area contributed by atoms with Gasteiger partial charge in [0.05, 0.1) is 0 Å². The highest BCUT2D eigenvalue weighted by Gasteiger charge is 2.30. The van der Waals surface area contributed by atoms with Crippen LogP contribution in [-0.2, 0) is 4.79 Å². The highest BCUT2D eigenvalue weighted by atomic mass is 35.5. The number of hydrogen-bond donors (Lipinski definition) is 1. The molecule has 4 heteroatoms. The number of halogens is 1. The van der Waals surface area contributed by atoms with Crippen LogP contribution in [-0.4, -0.2) is 30.4 Å². The van der Waals surface area contributed by atoms with Gasteiger partial charge in [-0.2, -0.15) is 0 Å². The smallest absolute Gasteiger partial charge is 0.227 e. The molecule has 1 fully saturated rings. The van der Waals surface area contributed by atoms with Gasteiger partial charge in [0.1, 0.15) is 0 Å². The van der Waals surface area contributed by atoms with Gasteiger partial charge in [-0.05, 0) is 31.7 Å². The number of nitrogens with two attached hydrogens (primary N) is 1. The molecular weight excluding hydrogens is 224 g/mol. The molecule has 1 atom stereocenters. The average molecular weight is 249 g/mol. The van der Waals surface area contributed by atoms with Gasteiger partial charge in [0.25, 0.3) is 0 Å². The van der Waals surface area contributed by atoms with E-state index in [1.165, 1.54) is 6.42 Å². The lowest BCUT2D eigenvalue weighted by Crippen LogP contribution is -2.45. The number of carbonyl (C=O) groups excluding carboxylic acids is 1. The first kappa shape index (κ1) is 15.7. The minimum atomic E-state index is -0.245. The number of amides is 1. The fraction of sp³-hybridized carbons (Fsp3) is 0.917. The van der Waals surface area contributed by atoms with Crippen molar-refractivity contribution in [3.63, 3.8) is 0 Å². The third-order valence-corrected chi connectivity index (χ3v) is 3.02. The zero-order valence-corrected chi connectivity index (χ0v) is 11.5. The van der Waals surface area contributed by atoms with Crippen molar-refractivity contribution in [3.8, 4) is 0 Å². The van der Waals surface area contributed by atoms with E-state index in [0.29, 0.717) is 5.92 Å². The Kier molecular flexibility index (Phi) is 6.34. The standard InChI is InChI=1S/C12H24N2O.ClH/c1-12(2,3)11(15)14-8-4-5-10(9-14)6-7-13;/h10H,4-9,13H2,1-3H3;1H. The van der Waals surface area contributed by atoms with Gasteiger partial charge >= 0.3 is 0 Å². The van der Waals surface area contributed by atoms with Crippen LogP contribution in [0.4, 0.5) is 0 Å². The Morgan fingerprint density at radius 3 is 2.56 bits per heavy atom. The molecule has 1 unspecified atom stereocenters. The van der Waals surface area contributed by atoms with E-state index in [-0.39, 0.29) is 23.7 Å². The van der Waals surface area contributed by atoms with Crippen LogP contribution in [0.25, 0.3) is 0 Å². The fourth-order valence-corrected chi connectivity index (χ4v) is 2.20. The maximum absolute atomic E-state index is 12.1. The molecule has 96 valence electrons. The summed E-state index contributed by atoms with van der Waals surface area (Å²) in [6, 6.07) is 0. The molecule has 0 aromatic rings. The quantitative estimate of drug-likeness (QED) is 0.813. The largest absolute Gasteiger partial charge is 0.342 e. The summed E-state index contributed by atoms with van der Waals surface area (Å²) >= 11 is 0. The molecule has 16 heavy (non-hydrogen) atoms. The molecule has 3 nitrogen and oxygen atoms in total. The summed E-state index contributed by atoms with van der Waals surface area (Å²) in [6.07, 6.45) is 3.41. The summed E-state index contributed by atoms with van der Waals surface area (Å²) < 4.78 is 0. The lowest BCUT2D eigenvalue weighted by molar-refractivity contribution is -0.141. The van der Waals surface area contributed by atoms with Crippen LogP contribution in [0.2, 0.25) is 0 Å². The Morgan fingerprint density at radius 1 is 1.44 bits per heavy atom. The molecule has 0 aromatic heterocycles. The van der Waals surface area contributed by atoms with Crippen molar-refractivity contribution < 1.29 is 4.79 Å². The van der Waals surface area contributed by atoms with E-state index in [4.69, 9.17) is 5.73 Å². The highest BCUT2D eigenvalue weighted by Crippen LogP contribution is 2.24. The predicted molar refractivity (Wildman–Crippen MR) is 69.7 cm³/mol. The second-order valence-electron chi connectivity index (χ2n) is 5.59. The van der Waals surface area contributed by atoms with Crippen molar-refractivity contribution in [3.05, 3.63) is 0 Å². The van der Waals surface area contributed by atoms with Crippen molar-refractivity contribution >= 4 is 18.3 Å².